The highest BCUT2D eigenvalue weighted by Gasteiger charge is 2.11. The molecule has 0 aliphatic carbocycles. The number of carbonyl (C=O) groups is 1. The molecule has 0 saturated carbocycles. The van der Waals surface area contributed by atoms with E-state index in [2.05, 4.69) is 10.3 Å². The van der Waals surface area contributed by atoms with Gasteiger partial charge in [-0.3, -0.25) is 14.2 Å². The van der Waals surface area contributed by atoms with Crippen LogP contribution in [0.5, 0.6) is 5.88 Å². The van der Waals surface area contributed by atoms with E-state index in [1.807, 2.05) is 6.92 Å². The van der Waals surface area contributed by atoms with E-state index in [4.69, 9.17) is 0 Å². The summed E-state index contributed by atoms with van der Waals surface area (Å²) in [6, 6.07) is 6.45. The first-order valence-electron chi connectivity index (χ1n) is 6.98. The molecule has 1 heterocycles. The van der Waals surface area contributed by atoms with Gasteiger partial charge in [0.25, 0.3) is 5.56 Å². The molecule has 0 aliphatic heterocycles. The minimum atomic E-state index is -0.384. The summed E-state index contributed by atoms with van der Waals surface area (Å²) in [6.07, 6.45) is 0.724. The van der Waals surface area contributed by atoms with Crippen LogP contribution >= 0.6 is 11.8 Å². The maximum Gasteiger partial charge on any atom is 0.257 e. The van der Waals surface area contributed by atoms with Crippen LogP contribution in [0.15, 0.2) is 40.3 Å². The molecule has 2 aromatic rings. The van der Waals surface area contributed by atoms with Crippen molar-refractivity contribution in [3.8, 4) is 5.88 Å². The number of aromatic hydroxyl groups is 1. The van der Waals surface area contributed by atoms with Gasteiger partial charge in [0, 0.05) is 12.2 Å². The number of nitrogens with one attached hydrogen (secondary N) is 1. The van der Waals surface area contributed by atoms with Gasteiger partial charge in [0.05, 0.1) is 11.8 Å². The van der Waals surface area contributed by atoms with Crippen molar-refractivity contribution in [2.75, 3.05) is 11.1 Å². The molecule has 8 heteroatoms. The normalized spacial score (nSPS) is 10.5. The fourth-order valence-electron chi connectivity index (χ4n) is 1.87. The Bertz CT molecular complexity index is 747. The minimum absolute atomic E-state index is 0.0109. The quantitative estimate of drug-likeness (QED) is 0.624. The van der Waals surface area contributed by atoms with Gasteiger partial charge in [-0.2, -0.15) is 4.98 Å². The first kappa shape index (κ1) is 17.0. The monoisotopic (exact) mass is 337 g/mol. The molecule has 6 nitrogen and oxygen atoms in total. The average molecular weight is 337 g/mol. The summed E-state index contributed by atoms with van der Waals surface area (Å²) >= 11 is 1.05. The van der Waals surface area contributed by atoms with Gasteiger partial charge < -0.3 is 10.4 Å². The number of hydrogen-bond acceptors (Lipinski definition) is 5. The first-order chi connectivity index (χ1) is 11.0. The summed E-state index contributed by atoms with van der Waals surface area (Å²) < 4.78 is 14.2. The van der Waals surface area contributed by atoms with E-state index >= 15 is 0 Å². The van der Waals surface area contributed by atoms with Crippen molar-refractivity contribution in [3.63, 3.8) is 0 Å². The Kier molecular flexibility index (Phi) is 5.75. The largest absolute Gasteiger partial charge is 0.493 e. The molecule has 1 aromatic carbocycles. The molecule has 0 bridgehead atoms. The van der Waals surface area contributed by atoms with E-state index < -0.39 is 0 Å². The smallest absolute Gasteiger partial charge is 0.257 e. The molecule has 1 aromatic heterocycles. The van der Waals surface area contributed by atoms with E-state index in [9.17, 15) is 19.1 Å². The number of anilines is 1. The highest BCUT2D eigenvalue weighted by atomic mass is 32.2. The number of nitrogens with zero attached hydrogens (tertiary/aromatic N) is 2. The fraction of sp³-hybridized carbons (Fsp3) is 0.267. The number of hydrogen-bond donors (Lipinski definition) is 2. The molecule has 1 amide bonds. The molecule has 0 saturated heterocycles. The Hall–Kier alpha value is -2.35. The molecule has 0 radical (unpaired) electrons. The third-order valence-corrected chi connectivity index (χ3v) is 3.84. The lowest BCUT2D eigenvalue weighted by Crippen LogP contribution is -2.23. The summed E-state index contributed by atoms with van der Waals surface area (Å²) in [7, 11) is 0. The third-order valence-electron chi connectivity index (χ3n) is 2.87. The van der Waals surface area contributed by atoms with Crippen LogP contribution in [0, 0.1) is 5.82 Å². The zero-order valence-corrected chi connectivity index (χ0v) is 13.3. The topological polar surface area (TPSA) is 84.2 Å². The van der Waals surface area contributed by atoms with Crippen LogP contribution in [-0.2, 0) is 11.3 Å². The van der Waals surface area contributed by atoms with E-state index in [0.29, 0.717) is 12.2 Å². The van der Waals surface area contributed by atoms with Crippen LogP contribution < -0.4 is 10.9 Å². The Labute approximate surface area is 136 Å². The second-order valence-electron chi connectivity index (χ2n) is 4.73. The molecule has 2 N–H and O–H groups in total. The number of benzene rings is 1. The molecule has 0 spiro atoms. The summed E-state index contributed by atoms with van der Waals surface area (Å²) in [5.74, 6) is -1.06. The van der Waals surface area contributed by atoms with Crippen molar-refractivity contribution in [2.45, 2.75) is 25.0 Å². The van der Waals surface area contributed by atoms with Crippen molar-refractivity contribution in [1.29, 1.82) is 0 Å². The highest BCUT2D eigenvalue weighted by Crippen LogP contribution is 2.17. The zero-order valence-electron chi connectivity index (χ0n) is 12.5. The number of rotatable bonds is 6. The number of carbonyl (C=O) groups excluding carboxylic acids is 1. The van der Waals surface area contributed by atoms with Crippen LogP contribution in [0.3, 0.4) is 0 Å². The van der Waals surface area contributed by atoms with Crippen molar-refractivity contribution in [2.24, 2.45) is 0 Å². The molecule has 0 fully saturated rings. The second-order valence-corrected chi connectivity index (χ2v) is 5.67. The fourth-order valence-corrected chi connectivity index (χ4v) is 2.70. The number of halogens is 1. The SMILES string of the molecule is CCCn1c(SCC(=O)Nc2ccc(F)cc2)nc(O)cc1=O. The molecule has 23 heavy (non-hydrogen) atoms. The molecule has 0 atom stereocenters. The Balaban J connectivity index is 2.03. The third kappa shape index (κ3) is 4.82. The molecule has 0 unspecified atom stereocenters. The zero-order chi connectivity index (χ0) is 16.8. The van der Waals surface area contributed by atoms with Crippen molar-refractivity contribution >= 4 is 23.4 Å². The predicted molar refractivity (Wildman–Crippen MR) is 86.2 cm³/mol. The lowest BCUT2D eigenvalue weighted by atomic mass is 10.3. The van der Waals surface area contributed by atoms with Gasteiger partial charge in [-0.1, -0.05) is 18.7 Å². The summed E-state index contributed by atoms with van der Waals surface area (Å²) in [5.41, 5.74) is 0.118. The number of aromatic nitrogens is 2. The van der Waals surface area contributed by atoms with Crippen molar-refractivity contribution < 1.29 is 14.3 Å². The van der Waals surface area contributed by atoms with Crippen molar-refractivity contribution in [1.82, 2.24) is 9.55 Å². The highest BCUT2D eigenvalue weighted by molar-refractivity contribution is 7.99. The molecule has 0 aliphatic rings. The van der Waals surface area contributed by atoms with Gasteiger partial charge >= 0.3 is 0 Å². The molecular formula is C15H16FN3O3S. The number of amides is 1. The van der Waals surface area contributed by atoms with Gasteiger partial charge in [-0.05, 0) is 30.7 Å². The van der Waals surface area contributed by atoms with E-state index in [1.165, 1.54) is 28.8 Å². The molecule has 2 rings (SSSR count). The van der Waals surface area contributed by atoms with Gasteiger partial charge in [0.1, 0.15) is 5.82 Å². The van der Waals surface area contributed by atoms with E-state index in [-0.39, 0.29) is 34.1 Å². The van der Waals surface area contributed by atoms with Gasteiger partial charge in [0.15, 0.2) is 5.16 Å². The van der Waals surface area contributed by atoms with Crippen LogP contribution in [0.2, 0.25) is 0 Å². The lowest BCUT2D eigenvalue weighted by molar-refractivity contribution is -0.113. The Morgan fingerprint density at radius 1 is 1.39 bits per heavy atom. The van der Waals surface area contributed by atoms with E-state index in [0.717, 1.165) is 24.2 Å². The first-order valence-corrected chi connectivity index (χ1v) is 7.97. The Morgan fingerprint density at radius 2 is 2.09 bits per heavy atom. The Morgan fingerprint density at radius 3 is 2.74 bits per heavy atom. The van der Waals surface area contributed by atoms with Crippen molar-refractivity contribution in [3.05, 3.63) is 46.5 Å². The van der Waals surface area contributed by atoms with Gasteiger partial charge in [-0.25, -0.2) is 4.39 Å². The maximum absolute atomic E-state index is 12.8. The maximum atomic E-state index is 12.8. The second kappa shape index (κ2) is 7.77. The van der Waals surface area contributed by atoms with E-state index in [1.54, 1.807) is 0 Å². The molecular weight excluding hydrogens is 321 g/mol. The van der Waals surface area contributed by atoms with Gasteiger partial charge in [0.2, 0.25) is 11.8 Å². The minimum Gasteiger partial charge on any atom is -0.493 e. The average Bonchev–Trinajstić information content (AvgIpc) is 2.50. The lowest BCUT2D eigenvalue weighted by Gasteiger charge is -2.10. The standard InChI is InChI=1S/C15H16FN3O3S/c1-2-7-19-14(22)8-12(20)18-15(19)23-9-13(21)17-11-5-3-10(16)4-6-11/h3-6,8,20H,2,7,9H2,1H3,(H,17,21). The van der Waals surface area contributed by atoms with Crippen LogP contribution in [0.1, 0.15) is 13.3 Å². The van der Waals surface area contributed by atoms with Gasteiger partial charge in [-0.15, -0.1) is 0 Å². The van der Waals surface area contributed by atoms with Crippen LogP contribution in [-0.4, -0.2) is 26.3 Å². The summed E-state index contributed by atoms with van der Waals surface area (Å²) in [5, 5.41) is 12.3. The number of thioether (sulfide) groups is 1. The van der Waals surface area contributed by atoms with Crippen LogP contribution in [0.25, 0.3) is 0 Å². The summed E-state index contributed by atoms with van der Waals surface area (Å²) in [4.78, 5) is 27.6. The summed E-state index contributed by atoms with van der Waals surface area (Å²) in [6.45, 7) is 2.36. The molecule has 122 valence electrons. The predicted octanol–water partition coefficient (Wildman–Crippen LogP) is 2.23. The van der Waals surface area contributed by atoms with Crippen LogP contribution in [0.4, 0.5) is 10.1 Å².